The molecule has 0 aliphatic rings. The third-order valence-electron chi connectivity index (χ3n) is 2.62. The molecular weight excluding hydrogens is 348 g/mol. The average molecular weight is 369 g/mol. The molecule has 0 aliphatic heterocycles. The molecule has 7 heteroatoms. The second-order valence-electron chi connectivity index (χ2n) is 5.12. The Balaban J connectivity index is 3.22. The van der Waals surface area contributed by atoms with E-state index in [1.54, 1.807) is 10.4 Å². The lowest BCUT2D eigenvalue weighted by atomic mass is 10.2. The number of hydrogen-bond acceptors (Lipinski definition) is 4. The van der Waals surface area contributed by atoms with Gasteiger partial charge in [-0.05, 0) is 41.8 Å². The van der Waals surface area contributed by atoms with E-state index in [2.05, 4.69) is 15.9 Å². The zero-order valence-corrected chi connectivity index (χ0v) is 14.9. The van der Waals surface area contributed by atoms with E-state index in [4.69, 9.17) is 5.73 Å². The van der Waals surface area contributed by atoms with Gasteiger partial charge in [-0.25, -0.2) is 8.42 Å². The van der Waals surface area contributed by atoms with E-state index < -0.39 is 10.0 Å². The van der Waals surface area contributed by atoms with E-state index in [0.29, 0.717) is 21.8 Å². The first-order chi connectivity index (χ1) is 8.70. The number of thiophene rings is 1. The van der Waals surface area contributed by atoms with Crippen molar-refractivity contribution >= 4 is 37.3 Å². The monoisotopic (exact) mass is 368 g/mol. The smallest absolute Gasteiger partial charge is 0.245 e. The largest absolute Gasteiger partial charge is 0.326 e. The number of nitrogens with zero attached hydrogens (tertiary/aromatic N) is 1. The Morgan fingerprint density at radius 2 is 1.95 bits per heavy atom. The van der Waals surface area contributed by atoms with Gasteiger partial charge in [-0.2, -0.15) is 4.31 Å². The normalized spacial score (nSPS) is 12.9. The van der Waals surface area contributed by atoms with Crippen LogP contribution >= 0.6 is 27.3 Å². The predicted octanol–water partition coefficient (Wildman–Crippen LogP) is 3.02. The first-order valence-corrected chi connectivity index (χ1v) is 9.25. The highest BCUT2D eigenvalue weighted by atomic mass is 79.9. The van der Waals surface area contributed by atoms with Crippen LogP contribution in [-0.4, -0.2) is 25.3 Å². The third kappa shape index (κ3) is 4.01. The van der Waals surface area contributed by atoms with Gasteiger partial charge in [0, 0.05) is 24.0 Å². The molecule has 0 fully saturated rings. The summed E-state index contributed by atoms with van der Waals surface area (Å²) in [6.45, 7) is 8.68. The maximum atomic E-state index is 12.7. The standard InChI is InChI=1S/C12H21BrN2O2S2/c1-8(2)7-15(9(3)4)19(16,17)11-5-10(6-14)18-12(11)13/h5,8-9H,6-7,14H2,1-4H3. The topological polar surface area (TPSA) is 63.4 Å². The van der Waals surface area contributed by atoms with Gasteiger partial charge in [-0.1, -0.05) is 13.8 Å². The Bertz CT molecular complexity index is 524. The summed E-state index contributed by atoms with van der Waals surface area (Å²) < 4.78 is 27.6. The summed E-state index contributed by atoms with van der Waals surface area (Å²) in [7, 11) is -3.47. The van der Waals surface area contributed by atoms with Crippen molar-refractivity contribution in [2.24, 2.45) is 11.7 Å². The van der Waals surface area contributed by atoms with Crippen molar-refractivity contribution in [2.75, 3.05) is 6.54 Å². The SMILES string of the molecule is CC(C)CN(C(C)C)S(=O)(=O)c1cc(CN)sc1Br. The third-order valence-corrected chi connectivity index (χ3v) is 6.93. The summed E-state index contributed by atoms with van der Waals surface area (Å²) in [6, 6.07) is 1.60. The Labute approximate surface area is 128 Å². The molecule has 2 N–H and O–H groups in total. The highest BCUT2D eigenvalue weighted by Gasteiger charge is 2.30. The van der Waals surface area contributed by atoms with Crippen LogP contribution in [0.15, 0.2) is 14.7 Å². The van der Waals surface area contributed by atoms with Gasteiger partial charge < -0.3 is 5.73 Å². The van der Waals surface area contributed by atoms with Crippen molar-refractivity contribution in [3.05, 3.63) is 14.7 Å². The number of nitrogens with two attached hydrogens (primary N) is 1. The van der Waals surface area contributed by atoms with Gasteiger partial charge in [-0.15, -0.1) is 11.3 Å². The summed E-state index contributed by atoms with van der Waals surface area (Å²) in [6.07, 6.45) is 0. The summed E-state index contributed by atoms with van der Waals surface area (Å²) in [5.41, 5.74) is 5.57. The first kappa shape index (κ1) is 17.1. The molecule has 0 unspecified atom stereocenters. The number of hydrogen-bond donors (Lipinski definition) is 1. The van der Waals surface area contributed by atoms with Gasteiger partial charge in [0.05, 0.1) is 3.79 Å². The maximum Gasteiger partial charge on any atom is 0.245 e. The Morgan fingerprint density at radius 3 is 2.32 bits per heavy atom. The highest BCUT2D eigenvalue weighted by molar-refractivity contribution is 9.11. The molecule has 0 atom stereocenters. The minimum atomic E-state index is -3.47. The van der Waals surface area contributed by atoms with Crippen LogP contribution in [0.25, 0.3) is 0 Å². The molecule has 0 amide bonds. The molecule has 110 valence electrons. The van der Waals surface area contributed by atoms with Crippen molar-refractivity contribution < 1.29 is 8.42 Å². The van der Waals surface area contributed by atoms with Gasteiger partial charge in [0.2, 0.25) is 10.0 Å². The summed E-state index contributed by atoms with van der Waals surface area (Å²) in [5, 5.41) is 0. The van der Waals surface area contributed by atoms with E-state index in [1.807, 2.05) is 27.7 Å². The minimum Gasteiger partial charge on any atom is -0.326 e. The molecule has 0 aromatic carbocycles. The number of halogens is 1. The lowest BCUT2D eigenvalue weighted by Gasteiger charge is -2.27. The molecule has 0 spiro atoms. The lowest BCUT2D eigenvalue weighted by molar-refractivity contribution is 0.319. The molecular formula is C12H21BrN2O2S2. The van der Waals surface area contributed by atoms with Crippen LogP contribution in [0.3, 0.4) is 0 Å². The molecule has 0 aliphatic carbocycles. The molecule has 0 radical (unpaired) electrons. The second kappa shape index (κ2) is 6.67. The van der Waals surface area contributed by atoms with Gasteiger partial charge in [0.15, 0.2) is 0 Å². The molecule has 1 rings (SSSR count). The zero-order valence-electron chi connectivity index (χ0n) is 11.7. The fraction of sp³-hybridized carbons (Fsp3) is 0.667. The fourth-order valence-electron chi connectivity index (χ4n) is 1.75. The molecule has 19 heavy (non-hydrogen) atoms. The fourth-order valence-corrected chi connectivity index (χ4v) is 6.06. The molecule has 4 nitrogen and oxygen atoms in total. The van der Waals surface area contributed by atoms with Crippen LogP contribution < -0.4 is 5.73 Å². The molecule has 1 aromatic rings. The number of sulfonamides is 1. The Morgan fingerprint density at radius 1 is 1.37 bits per heavy atom. The lowest BCUT2D eigenvalue weighted by Crippen LogP contribution is -2.39. The van der Waals surface area contributed by atoms with Gasteiger partial charge in [0.1, 0.15) is 4.90 Å². The molecule has 0 saturated heterocycles. The second-order valence-corrected chi connectivity index (χ2v) is 9.43. The van der Waals surface area contributed by atoms with E-state index in [-0.39, 0.29) is 12.0 Å². The molecule has 0 bridgehead atoms. The van der Waals surface area contributed by atoms with Crippen molar-refractivity contribution in [3.63, 3.8) is 0 Å². The maximum absolute atomic E-state index is 12.7. The van der Waals surface area contributed by atoms with Crippen molar-refractivity contribution in [3.8, 4) is 0 Å². The highest BCUT2D eigenvalue weighted by Crippen LogP contribution is 2.34. The van der Waals surface area contributed by atoms with Gasteiger partial charge >= 0.3 is 0 Å². The van der Waals surface area contributed by atoms with Crippen molar-refractivity contribution in [1.29, 1.82) is 0 Å². The van der Waals surface area contributed by atoms with Crippen LogP contribution in [-0.2, 0) is 16.6 Å². The van der Waals surface area contributed by atoms with Crippen molar-refractivity contribution in [1.82, 2.24) is 4.31 Å². The van der Waals surface area contributed by atoms with Crippen molar-refractivity contribution in [2.45, 2.75) is 45.2 Å². The van der Waals surface area contributed by atoms with Crippen LogP contribution in [0.1, 0.15) is 32.6 Å². The Kier molecular flexibility index (Phi) is 6.00. The number of rotatable bonds is 6. The first-order valence-electron chi connectivity index (χ1n) is 6.20. The molecule has 1 aromatic heterocycles. The van der Waals surface area contributed by atoms with Crippen LogP contribution in [0, 0.1) is 5.92 Å². The molecule has 1 heterocycles. The van der Waals surface area contributed by atoms with E-state index in [9.17, 15) is 8.42 Å². The minimum absolute atomic E-state index is 0.0690. The summed E-state index contributed by atoms with van der Waals surface area (Å²) >= 11 is 4.71. The quantitative estimate of drug-likeness (QED) is 0.838. The van der Waals surface area contributed by atoms with Crippen LogP contribution in [0.4, 0.5) is 0 Å². The van der Waals surface area contributed by atoms with E-state index >= 15 is 0 Å². The molecule has 0 saturated carbocycles. The average Bonchev–Trinajstić information content (AvgIpc) is 2.67. The summed E-state index contributed by atoms with van der Waals surface area (Å²) in [5.74, 6) is 0.281. The predicted molar refractivity (Wildman–Crippen MR) is 83.8 cm³/mol. The zero-order chi connectivity index (χ0) is 14.8. The van der Waals surface area contributed by atoms with Crippen LogP contribution in [0.5, 0.6) is 0 Å². The summed E-state index contributed by atoms with van der Waals surface area (Å²) in [4.78, 5) is 1.19. The van der Waals surface area contributed by atoms with E-state index in [0.717, 1.165) is 4.88 Å². The van der Waals surface area contributed by atoms with Crippen LogP contribution in [0.2, 0.25) is 0 Å². The van der Waals surface area contributed by atoms with Gasteiger partial charge in [0.25, 0.3) is 0 Å². The van der Waals surface area contributed by atoms with E-state index in [1.165, 1.54) is 11.3 Å². The van der Waals surface area contributed by atoms with Gasteiger partial charge in [-0.3, -0.25) is 0 Å². The Hall–Kier alpha value is 0.0500.